The smallest absolute Gasteiger partial charge is 0.159 e. The molecule has 1 unspecified atom stereocenters. The molecule has 2 nitrogen and oxygen atoms in total. The lowest BCUT2D eigenvalue weighted by atomic mass is 10.0. The summed E-state index contributed by atoms with van der Waals surface area (Å²) in [5, 5.41) is 0. The molecule has 0 aliphatic carbocycles. The van der Waals surface area contributed by atoms with Gasteiger partial charge in [0.2, 0.25) is 0 Å². The van der Waals surface area contributed by atoms with Crippen molar-refractivity contribution in [2.24, 2.45) is 0 Å². The fraction of sp³-hybridized carbons (Fsp3) is 0.500. The average molecular weight is 220 g/mol. The van der Waals surface area contributed by atoms with Gasteiger partial charge in [0, 0.05) is 13.6 Å². The number of rotatable bonds is 4. The lowest BCUT2D eigenvalue weighted by Gasteiger charge is -2.08. The van der Waals surface area contributed by atoms with Gasteiger partial charge < -0.3 is 4.74 Å². The van der Waals surface area contributed by atoms with Gasteiger partial charge in [-0.05, 0) is 38.2 Å². The van der Waals surface area contributed by atoms with Crippen LogP contribution in [0.1, 0.15) is 43.5 Å². The number of hydrogen-bond donors (Lipinski definition) is 0. The summed E-state index contributed by atoms with van der Waals surface area (Å²) in [5.74, 6) is 0.130. The van der Waals surface area contributed by atoms with Crippen molar-refractivity contribution in [2.75, 3.05) is 6.61 Å². The number of benzene rings is 1. The maximum atomic E-state index is 11.1. The molecule has 0 aromatic heterocycles. The summed E-state index contributed by atoms with van der Waals surface area (Å²) in [5.41, 5.74) is 2.08. The van der Waals surface area contributed by atoms with E-state index < -0.39 is 0 Å². The number of ketones is 1. The summed E-state index contributed by atoms with van der Waals surface area (Å²) in [6.45, 7) is 2.52. The Morgan fingerprint density at radius 2 is 2.19 bits per heavy atom. The van der Waals surface area contributed by atoms with Gasteiger partial charge in [-0.25, -0.2) is 0 Å². The van der Waals surface area contributed by atoms with Crippen LogP contribution in [-0.4, -0.2) is 18.5 Å². The molecule has 1 saturated heterocycles. The highest BCUT2D eigenvalue weighted by atomic mass is 16.5. The molecule has 0 saturated carbocycles. The predicted molar refractivity (Wildman–Crippen MR) is 65.9 cm³/mol. The van der Waals surface area contributed by atoms with E-state index in [2.05, 4.69) is 0 Å². The van der Waals surface area contributed by atoms with Gasteiger partial charge in [-0.2, -0.15) is 0 Å². The minimum atomic E-state index is 0. The van der Waals surface area contributed by atoms with Crippen LogP contribution in [0, 0.1) is 0 Å². The van der Waals surface area contributed by atoms with E-state index in [4.69, 9.17) is 4.74 Å². The molecule has 2 heteroatoms. The highest BCUT2D eigenvalue weighted by molar-refractivity contribution is 5.93. The summed E-state index contributed by atoms with van der Waals surface area (Å²) in [4.78, 5) is 11.1. The van der Waals surface area contributed by atoms with E-state index in [0.29, 0.717) is 6.10 Å². The molecule has 1 aliphatic rings. The van der Waals surface area contributed by atoms with Gasteiger partial charge in [0.15, 0.2) is 5.78 Å². The number of carbonyl (C=O) groups excluding carboxylic acids is 1. The Morgan fingerprint density at radius 1 is 1.44 bits per heavy atom. The molecule has 2 rings (SSSR count). The van der Waals surface area contributed by atoms with E-state index >= 15 is 0 Å². The molecular formula is C14H20O2. The van der Waals surface area contributed by atoms with E-state index in [9.17, 15) is 4.79 Å². The Hall–Kier alpha value is -1.15. The first-order valence-electron chi connectivity index (χ1n) is 5.97. The van der Waals surface area contributed by atoms with Crippen LogP contribution in [0.5, 0.6) is 0 Å². The van der Waals surface area contributed by atoms with Crippen LogP contribution < -0.4 is 0 Å². The number of hydrogen-bond acceptors (Lipinski definition) is 2. The molecular weight excluding hydrogens is 200 g/mol. The monoisotopic (exact) mass is 220 g/mol. The Bertz CT molecular complexity index is 353. The highest BCUT2D eigenvalue weighted by Gasteiger charge is 2.14. The Kier molecular flexibility index (Phi) is 3.73. The van der Waals surface area contributed by atoms with E-state index in [0.717, 1.165) is 25.0 Å². The molecule has 0 bridgehead atoms. The SMILES string of the molecule is CC(=O)c1ccc(CCC2CCCO2)cc1.[HH]. The number of aryl methyl sites for hydroxylation is 1. The molecule has 1 heterocycles. The quantitative estimate of drug-likeness (QED) is 0.728. The van der Waals surface area contributed by atoms with Crippen LogP contribution in [0.2, 0.25) is 0 Å². The van der Waals surface area contributed by atoms with Crippen molar-refractivity contribution in [1.82, 2.24) is 0 Å². The van der Waals surface area contributed by atoms with Crippen LogP contribution >= 0.6 is 0 Å². The summed E-state index contributed by atoms with van der Waals surface area (Å²) in [6.07, 6.45) is 4.99. The Morgan fingerprint density at radius 3 is 2.75 bits per heavy atom. The fourth-order valence-corrected chi connectivity index (χ4v) is 2.11. The van der Waals surface area contributed by atoms with Crippen molar-refractivity contribution in [2.45, 2.75) is 38.7 Å². The Balaban J connectivity index is 0.00000144. The maximum Gasteiger partial charge on any atom is 0.159 e. The molecule has 1 aromatic rings. The molecule has 0 N–H and O–H groups in total. The standard InChI is InChI=1S/C14H18O2.H2/c1-11(15)13-7-4-12(5-8-13)6-9-14-3-2-10-16-14;/h4-5,7-8,14H,2-3,6,9-10H2,1H3;1H. The van der Waals surface area contributed by atoms with Crippen molar-refractivity contribution >= 4 is 5.78 Å². The zero-order valence-electron chi connectivity index (χ0n) is 9.74. The molecule has 16 heavy (non-hydrogen) atoms. The first-order valence-corrected chi connectivity index (χ1v) is 5.97. The van der Waals surface area contributed by atoms with Crippen LogP contribution in [0.25, 0.3) is 0 Å². The van der Waals surface area contributed by atoms with Gasteiger partial charge in [-0.3, -0.25) is 4.79 Å². The third-order valence-electron chi connectivity index (χ3n) is 3.14. The van der Waals surface area contributed by atoms with Crippen LogP contribution in [0.3, 0.4) is 0 Å². The molecule has 1 atom stereocenters. The second-order valence-corrected chi connectivity index (χ2v) is 4.43. The largest absolute Gasteiger partial charge is 0.378 e. The maximum absolute atomic E-state index is 11.1. The third-order valence-corrected chi connectivity index (χ3v) is 3.14. The minimum Gasteiger partial charge on any atom is -0.378 e. The van der Waals surface area contributed by atoms with Crippen molar-refractivity contribution in [3.63, 3.8) is 0 Å². The van der Waals surface area contributed by atoms with E-state index in [-0.39, 0.29) is 7.21 Å². The molecule has 88 valence electrons. The van der Waals surface area contributed by atoms with Crippen LogP contribution in [-0.2, 0) is 11.2 Å². The number of carbonyl (C=O) groups is 1. The first-order chi connectivity index (χ1) is 7.75. The highest BCUT2D eigenvalue weighted by Crippen LogP contribution is 2.18. The van der Waals surface area contributed by atoms with Crippen molar-refractivity contribution in [3.05, 3.63) is 35.4 Å². The van der Waals surface area contributed by atoms with Crippen molar-refractivity contribution < 1.29 is 11.0 Å². The predicted octanol–water partition coefficient (Wildman–Crippen LogP) is 3.25. The second kappa shape index (κ2) is 5.26. The van der Waals surface area contributed by atoms with E-state index in [1.165, 1.54) is 18.4 Å². The average Bonchev–Trinajstić information content (AvgIpc) is 2.80. The van der Waals surface area contributed by atoms with Gasteiger partial charge in [0.1, 0.15) is 0 Å². The molecule has 1 fully saturated rings. The minimum absolute atomic E-state index is 0. The molecule has 0 radical (unpaired) electrons. The van der Waals surface area contributed by atoms with Gasteiger partial charge in [0.25, 0.3) is 0 Å². The van der Waals surface area contributed by atoms with Crippen molar-refractivity contribution in [1.29, 1.82) is 0 Å². The zero-order valence-corrected chi connectivity index (χ0v) is 9.74. The lowest BCUT2D eigenvalue weighted by molar-refractivity contribution is 0.101. The molecule has 1 aromatic carbocycles. The normalized spacial score (nSPS) is 19.9. The summed E-state index contributed by atoms with van der Waals surface area (Å²) in [6, 6.07) is 7.91. The molecule has 0 spiro atoms. The summed E-state index contributed by atoms with van der Waals surface area (Å²) in [7, 11) is 0. The van der Waals surface area contributed by atoms with E-state index in [1.807, 2.05) is 24.3 Å². The molecule has 0 amide bonds. The number of Topliss-reactive ketones (excluding diaryl/α,β-unsaturated/α-hetero) is 1. The van der Waals surface area contributed by atoms with Gasteiger partial charge in [-0.15, -0.1) is 0 Å². The van der Waals surface area contributed by atoms with Gasteiger partial charge >= 0.3 is 0 Å². The van der Waals surface area contributed by atoms with Gasteiger partial charge in [-0.1, -0.05) is 24.3 Å². The number of ether oxygens (including phenoxy) is 1. The first kappa shape index (κ1) is 11.3. The summed E-state index contributed by atoms with van der Waals surface area (Å²) >= 11 is 0. The lowest BCUT2D eigenvalue weighted by Crippen LogP contribution is -2.06. The van der Waals surface area contributed by atoms with Crippen molar-refractivity contribution in [3.8, 4) is 0 Å². The van der Waals surface area contributed by atoms with Gasteiger partial charge in [0.05, 0.1) is 6.10 Å². The zero-order chi connectivity index (χ0) is 11.4. The second-order valence-electron chi connectivity index (χ2n) is 4.43. The van der Waals surface area contributed by atoms with E-state index in [1.54, 1.807) is 6.92 Å². The topological polar surface area (TPSA) is 26.3 Å². The third kappa shape index (κ3) is 2.92. The van der Waals surface area contributed by atoms with Crippen LogP contribution in [0.15, 0.2) is 24.3 Å². The summed E-state index contributed by atoms with van der Waals surface area (Å²) < 4.78 is 5.58. The fourth-order valence-electron chi connectivity index (χ4n) is 2.11. The Labute approximate surface area is 98.1 Å². The van der Waals surface area contributed by atoms with Crippen LogP contribution in [0.4, 0.5) is 0 Å². The molecule has 1 aliphatic heterocycles.